The van der Waals surface area contributed by atoms with Gasteiger partial charge in [0.05, 0.1) is 10.2 Å². The zero-order valence-electron chi connectivity index (χ0n) is 21.3. The summed E-state index contributed by atoms with van der Waals surface area (Å²) in [4.78, 5) is 27.2. The van der Waals surface area contributed by atoms with Crippen molar-refractivity contribution in [2.45, 2.75) is 13.1 Å². The molecule has 1 aromatic carbocycles. The Balaban J connectivity index is 1.16. The third-order valence-electron chi connectivity index (χ3n) is 7.49. The molecule has 2 aliphatic rings. The Morgan fingerprint density at radius 1 is 0.838 bits per heavy atom. The van der Waals surface area contributed by atoms with Gasteiger partial charge in [0.1, 0.15) is 11.3 Å². The molecule has 0 atom stereocenters. The van der Waals surface area contributed by atoms with Crippen LogP contribution in [0.25, 0.3) is 22.6 Å². The van der Waals surface area contributed by atoms with Crippen molar-refractivity contribution in [1.82, 2.24) is 34.6 Å². The van der Waals surface area contributed by atoms with Gasteiger partial charge in [-0.1, -0.05) is 30.3 Å². The minimum Gasteiger partial charge on any atom is -0.366 e. The molecule has 0 saturated carbocycles. The summed E-state index contributed by atoms with van der Waals surface area (Å²) in [6.45, 7) is 10.4. The van der Waals surface area contributed by atoms with Gasteiger partial charge in [-0.3, -0.25) is 14.8 Å². The molecular formula is C28H33BrN8. The molecule has 0 amide bonds. The monoisotopic (exact) mass is 560 g/mol. The number of anilines is 1. The lowest BCUT2D eigenvalue weighted by atomic mass is 10.1. The van der Waals surface area contributed by atoms with Gasteiger partial charge in [0.15, 0.2) is 5.65 Å². The lowest BCUT2D eigenvalue weighted by Crippen LogP contribution is -2.46. The van der Waals surface area contributed by atoms with E-state index in [0.717, 1.165) is 98.2 Å². The van der Waals surface area contributed by atoms with Crippen LogP contribution in [0.3, 0.4) is 0 Å². The van der Waals surface area contributed by atoms with Crippen LogP contribution in [-0.4, -0.2) is 94.0 Å². The Hall–Kier alpha value is -2.85. The number of pyridine rings is 2. The molecule has 9 heteroatoms. The molecule has 0 unspecified atom stereocenters. The van der Waals surface area contributed by atoms with Crippen LogP contribution >= 0.6 is 15.9 Å². The number of hydrogen-bond acceptors (Lipinski definition) is 7. The van der Waals surface area contributed by atoms with Crippen LogP contribution in [-0.2, 0) is 13.1 Å². The van der Waals surface area contributed by atoms with Crippen molar-refractivity contribution in [3.63, 3.8) is 0 Å². The Morgan fingerprint density at radius 2 is 1.54 bits per heavy atom. The van der Waals surface area contributed by atoms with E-state index in [2.05, 4.69) is 87.9 Å². The number of aromatic amines is 1. The number of halogens is 1. The predicted molar refractivity (Wildman–Crippen MR) is 152 cm³/mol. The number of rotatable bonds is 6. The van der Waals surface area contributed by atoms with Gasteiger partial charge in [-0.25, -0.2) is 9.97 Å². The zero-order valence-corrected chi connectivity index (χ0v) is 22.9. The van der Waals surface area contributed by atoms with Crippen LogP contribution < -0.4 is 4.90 Å². The maximum Gasteiger partial charge on any atom is 0.180 e. The van der Waals surface area contributed by atoms with Gasteiger partial charge in [-0.2, -0.15) is 0 Å². The van der Waals surface area contributed by atoms with E-state index in [-0.39, 0.29) is 0 Å². The summed E-state index contributed by atoms with van der Waals surface area (Å²) < 4.78 is 0.999. The first-order valence-electron chi connectivity index (χ1n) is 13.0. The number of benzene rings is 1. The largest absolute Gasteiger partial charge is 0.366 e. The standard InChI is InChI=1S/C28H33BrN8/c1-34-9-11-35(12-10-34)19-21-4-6-23(7-5-21)27-32-25-26(24(29)18-31-28(25)33-27)37-15-13-36(14-16-37)20-22-3-2-8-30-17-22/h2-8,17-18H,9-16,19-20H2,1H3,(H,31,32,33). The van der Waals surface area contributed by atoms with Crippen molar-refractivity contribution in [3.05, 3.63) is 70.6 Å². The highest BCUT2D eigenvalue weighted by molar-refractivity contribution is 9.10. The summed E-state index contributed by atoms with van der Waals surface area (Å²) in [6, 6.07) is 13.0. The minimum atomic E-state index is 0.757. The second kappa shape index (κ2) is 10.9. The van der Waals surface area contributed by atoms with E-state index >= 15 is 0 Å². The Morgan fingerprint density at radius 3 is 2.24 bits per heavy atom. The maximum absolute atomic E-state index is 4.86. The van der Waals surface area contributed by atoms with Crippen LogP contribution in [0.1, 0.15) is 11.1 Å². The van der Waals surface area contributed by atoms with E-state index in [1.54, 1.807) is 0 Å². The molecule has 5 heterocycles. The molecule has 8 nitrogen and oxygen atoms in total. The van der Waals surface area contributed by atoms with Gasteiger partial charge < -0.3 is 14.8 Å². The van der Waals surface area contributed by atoms with Gasteiger partial charge in [0, 0.05) is 89.6 Å². The molecule has 37 heavy (non-hydrogen) atoms. The molecule has 2 saturated heterocycles. The first-order valence-corrected chi connectivity index (χ1v) is 13.8. The lowest BCUT2D eigenvalue weighted by Gasteiger charge is -2.36. The summed E-state index contributed by atoms with van der Waals surface area (Å²) in [7, 11) is 2.20. The smallest absolute Gasteiger partial charge is 0.180 e. The normalized spacial score (nSPS) is 18.1. The Kier molecular flexibility index (Phi) is 7.19. The van der Waals surface area contributed by atoms with Crippen molar-refractivity contribution in [2.24, 2.45) is 0 Å². The Bertz CT molecular complexity index is 1320. The van der Waals surface area contributed by atoms with Crippen molar-refractivity contribution < 1.29 is 0 Å². The van der Waals surface area contributed by atoms with E-state index < -0.39 is 0 Å². The molecule has 3 aromatic heterocycles. The molecular weight excluding hydrogens is 528 g/mol. The maximum atomic E-state index is 4.86. The van der Waals surface area contributed by atoms with E-state index in [1.807, 2.05) is 24.7 Å². The third kappa shape index (κ3) is 5.55. The van der Waals surface area contributed by atoms with E-state index in [4.69, 9.17) is 4.98 Å². The summed E-state index contributed by atoms with van der Waals surface area (Å²) in [5, 5.41) is 0. The predicted octanol–water partition coefficient (Wildman–Crippen LogP) is 3.85. The molecule has 0 spiro atoms. The summed E-state index contributed by atoms with van der Waals surface area (Å²) in [5.74, 6) is 0.864. The molecule has 0 aliphatic carbocycles. The van der Waals surface area contributed by atoms with Crippen molar-refractivity contribution in [3.8, 4) is 11.4 Å². The average Bonchev–Trinajstić information content (AvgIpc) is 3.36. The van der Waals surface area contributed by atoms with Crippen molar-refractivity contribution >= 4 is 32.8 Å². The van der Waals surface area contributed by atoms with Gasteiger partial charge in [-0.05, 0) is 40.2 Å². The van der Waals surface area contributed by atoms with Gasteiger partial charge in [0.25, 0.3) is 0 Å². The zero-order chi connectivity index (χ0) is 25.2. The van der Waals surface area contributed by atoms with Crippen LogP contribution in [0.4, 0.5) is 5.69 Å². The topological polar surface area (TPSA) is 67.4 Å². The van der Waals surface area contributed by atoms with Gasteiger partial charge >= 0.3 is 0 Å². The summed E-state index contributed by atoms with van der Waals surface area (Å²) in [6.07, 6.45) is 5.67. The summed E-state index contributed by atoms with van der Waals surface area (Å²) >= 11 is 3.77. The molecule has 2 fully saturated rings. The third-order valence-corrected chi connectivity index (χ3v) is 8.08. The van der Waals surface area contributed by atoms with Crippen molar-refractivity contribution in [2.75, 3.05) is 64.3 Å². The van der Waals surface area contributed by atoms with E-state index in [9.17, 15) is 0 Å². The molecule has 0 bridgehead atoms. The molecule has 1 N–H and O–H groups in total. The highest BCUT2D eigenvalue weighted by Gasteiger charge is 2.23. The number of piperazine rings is 2. The number of hydrogen-bond donors (Lipinski definition) is 1. The second-order valence-corrected chi connectivity index (χ2v) is 11.0. The Labute approximate surface area is 226 Å². The highest BCUT2D eigenvalue weighted by atomic mass is 79.9. The number of likely N-dealkylation sites (N-methyl/N-ethyl adjacent to an activating group) is 1. The van der Waals surface area contributed by atoms with Crippen LogP contribution in [0.2, 0.25) is 0 Å². The fourth-order valence-corrected chi connectivity index (χ4v) is 5.83. The first kappa shape index (κ1) is 24.5. The fraction of sp³-hybridized carbons (Fsp3) is 0.393. The highest BCUT2D eigenvalue weighted by Crippen LogP contribution is 2.34. The molecule has 2 aliphatic heterocycles. The van der Waals surface area contributed by atoms with Gasteiger partial charge in [0.2, 0.25) is 0 Å². The molecule has 4 aromatic rings. The average molecular weight is 562 g/mol. The molecule has 192 valence electrons. The molecule has 6 rings (SSSR count). The first-order chi connectivity index (χ1) is 18.1. The number of nitrogens with one attached hydrogen (secondary N) is 1. The van der Waals surface area contributed by atoms with Crippen LogP contribution in [0.5, 0.6) is 0 Å². The van der Waals surface area contributed by atoms with E-state index in [0.29, 0.717) is 0 Å². The number of fused-ring (bicyclic) bond motifs is 1. The summed E-state index contributed by atoms with van der Waals surface area (Å²) in [5.41, 5.74) is 6.59. The quantitative estimate of drug-likeness (QED) is 0.384. The second-order valence-electron chi connectivity index (χ2n) is 10.1. The van der Waals surface area contributed by atoms with E-state index in [1.165, 1.54) is 11.1 Å². The minimum absolute atomic E-state index is 0.757. The number of aromatic nitrogens is 4. The van der Waals surface area contributed by atoms with Crippen LogP contribution in [0, 0.1) is 0 Å². The van der Waals surface area contributed by atoms with Crippen LogP contribution in [0.15, 0.2) is 59.5 Å². The number of imidazole rings is 1. The van der Waals surface area contributed by atoms with Crippen molar-refractivity contribution in [1.29, 1.82) is 0 Å². The SMILES string of the molecule is CN1CCN(Cc2ccc(-c3nc4ncc(Br)c(N5CCN(Cc6cccnc6)CC5)c4[nH]3)cc2)CC1. The fourth-order valence-electron chi connectivity index (χ4n) is 5.28. The number of H-pyrrole nitrogens is 1. The molecule has 0 radical (unpaired) electrons. The lowest BCUT2D eigenvalue weighted by molar-refractivity contribution is 0.148. The van der Waals surface area contributed by atoms with Gasteiger partial charge in [-0.15, -0.1) is 0 Å². The number of nitrogens with zero attached hydrogens (tertiary/aromatic N) is 7.